The topological polar surface area (TPSA) is 32.3 Å². The lowest BCUT2D eigenvalue weighted by atomic mass is 10.0. The Morgan fingerprint density at radius 2 is 1.81 bits per heavy atom. The lowest BCUT2D eigenvalue weighted by molar-refractivity contribution is 0.0827. The Labute approximate surface area is 126 Å². The van der Waals surface area contributed by atoms with E-state index in [0.717, 1.165) is 5.69 Å². The van der Waals surface area contributed by atoms with E-state index in [4.69, 9.17) is 0 Å². The Morgan fingerprint density at radius 1 is 1.10 bits per heavy atom. The number of nitrogens with one attached hydrogen (secondary N) is 1. The van der Waals surface area contributed by atoms with Crippen molar-refractivity contribution in [1.82, 2.24) is 4.90 Å². The number of carbonyl (C=O) groups is 1. The maximum atomic E-state index is 12.0. The second kappa shape index (κ2) is 6.44. The van der Waals surface area contributed by atoms with Crippen LogP contribution in [-0.2, 0) is 0 Å². The Kier molecular flexibility index (Phi) is 4.63. The third kappa shape index (κ3) is 3.63. The second-order valence-electron chi connectivity index (χ2n) is 5.50. The number of hydrogen-bond acceptors (Lipinski definition) is 2. The first kappa shape index (κ1) is 15.1. The molecule has 2 aromatic carbocycles. The number of carbonyl (C=O) groups excluding carboxylic acids is 1. The number of amides is 1. The first-order valence-corrected chi connectivity index (χ1v) is 7.13. The molecule has 0 heterocycles. The summed E-state index contributed by atoms with van der Waals surface area (Å²) in [5, 5.41) is 3.46. The number of rotatable bonds is 4. The highest BCUT2D eigenvalue weighted by molar-refractivity contribution is 5.94. The van der Waals surface area contributed by atoms with Crippen molar-refractivity contribution in [3.05, 3.63) is 65.2 Å². The smallest absolute Gasteiger partial charge is 0.253 e. The van der Waals surface area contributed by atoms with Gasteiger partial charge in [0.15, 0.2) is 0 Å². The minimum absolute atomic E-state index is 0.0159. The fraction of sp³-hybridized carbons (Fsp3) is 0.278. The standard InChI is InChI=1S/C18H22N2O/c1-13-8-5-6-11-17(13)14(2)19-16-10-7-9-15(12-16)18(21)20(3)4/h5-12,14,19H,1-4H3. The molecule has 3 heteroatoms. The molecule has 0 saturated heterocycles. The first-order chi connectivity index (χ1) is 9.99. The van der Waals surface area contributed by atoms with Gasteiger partial charge in [-0.1, -0.05) is 30.3 Å². The summed E-state index contributed by atoms with van der Waals surface area (Å²) >= 11 is 0. The number of hydrogen-bond donors (Lipinski definition) is 1. The van der Waals surface area contributed by atoms with Crippen molar-refractivity contribution < 1.29 is 4.79 Å². The summed E-state index contributed by atoms with van der Waals surface area (Å²) < 4.78 is 0. The van der Waals surface area contributed by atoms with Gasteiger partial charge in [-0.25, -0.2) is 0 Å². The largest absolute Gasteiger partial charge is 0.378 e. The lowest BCUT2D eigenvalue weighted by Crippen LogP contribution is -2.21. The number of aryl methyl sites for hydroxylation is 1. The van der Waals surface area contributed by atoms with Gasteiger partial charge >= 0.3 is 0 Å². The lowest BCUT2D eigenvalue weighted by Gasteiger charge is -2.18. The number of anilines is 1. The molecule has 0 aliphatic rings. The van der Waals surface area contributed by atoms with Crippen LogP contribution in [0.4, 0.5) is 5.69 Å². The van der Waals surface area contributed by atoms with Crippen LogP contribution in [-0.4, -0.2) is 24.9 Å². The van der Waals surface area contributed by atoms with E-state index in [0.29, 0.717) is 5.56 Å². The molecule has 1 unspecified atom stereocenters. The molecule has 0 fully saturated rings. The predicted octanol–water partition coefficient (Wildman–Crippen LogP) is 3.87. The zero-order chi connectivity index (χ0) is 15.4. The molecule has 0 radical (unpaired) electrons. The van der Waals surface area contributed by atoms with Gasteiger partial charge in [-0.05, 0) is 43.2 Å². The molecule has 2 rings (SSSR count). The summed E-state index contributed by atoms with van der Waals surface area (Å²) in [5.41, 5.74) is 4.18. The quantitative estimate of drug-likeness (QED) is 0.923. The van der Waals surface area contributed by atoms with Crippen molar-refractivity contribution in [1.29, 1.82) is 0 Å². The molecule has 3 nitrogen and oxygen atoms in total. The van der Waals surface area contributed by atoms with Crippen LogP contribution in [0.25, 0.3) is 0 Å². The molecule has 110 valence electrons. The van der Waals surface area contributed by atoms with Gasteiger partial charge in [-0.2, -0.15) is 0 Å². The van der Waals surface area contributed by atoms with Crippen molar-refractivity contribution >= 4 is 11.6 Å². The van der Waals surface area contributed by atoms with Gasteiger partial charge < -0.3 is 10.2 Å². The SMILES string of the molecule is Cc1ccccc1C(C)Nc1cccc(C(=O)N(C)C)c1. The number of nitrogens with zero attached hydrogens (tertiary/aromatic N) is 1. The Balaban J connectivity index is 2.18. The first-order valence-electron chi connectivity index (χ1n) is 7.13. The minimum Gasteiger partial charge on any atom is -0.378 e. The van der Waals surface area contributed by atoms with E-state index in [9.17, 15) is 4.79 Å². The average molecular weight is 282 g/mol. The van der Waals surface area contributed by atoms with Crippen molar-refractivity contribution in [2.75, 3.05) is 19.4 Å². The van der Waals surface area contributed by atoms with Gasteiger partial charge in [0, 0.05) is 31.4 Å². The van der Waals surface area contributed by atoms with Crippen molar-refractivity contribution in [3.8, 4) is 0 Å². The monoisotopic (exact) mass is 282 g/mol. The fourth-order valence-electron chi connectivity index (χ4n) is 2.40. The Morgan fingerprint density at radius 3 is 2.48 bits per heavy atom. The molecule has 2 aromatic rings. The highest BCUT2D eigenvalue weighted by Crippen LogP contribution is 2.22. The van der Waals surface area contributed by atoms with Crippen LogP contribution < -0.4 is 5.32 Å². The zero-order valence-electron chi connectivity index (χ0n) is 13.1. The third-order valence-corrected chi connectivity index (χ3v) is 3.55. The van der Waals surface area contributed by atoms with Gasteiger partial charge in [-0.3, -0.25) is 4.79 Å². The molecule has 0 saturated carbocycles. The van der Waals surface area contributed by atoms with E-state index in [1.165, 1.54) is 11.1 Å². The molecule has 21 heavy (non-hydrogen) atoms. The van der Waals surface area contributed by atoms with Gasteiger partial charge in [0.2, 0.25) is 0 Å². The molecule has 0 aromatic heterocycles. The molecule has 1 amide bonds. The Bertz CT molecular complexity index is 635. The average Bonchev–Trinajstić information content (AvgIpc) is 2.47. The highest BCUT2D eigenvalue weighted by atomic mass is 16.2. The molecule has 1 N–H and O–H groups in total. The van der Waals surface area contributed by atoms with Crippen LogP contribution in [0.1, 0.15) is 34.5 Å². The molecular weight excluding hydrogens is 260 g/mol. The molecular formula is C18H22N2O. The van der Waals surface area contributed by atoms with Crippen molar-refractivity contribution in [3.63, 3.8) is 0 Å². The number of benzene rings is 2. The summed E-state index contributed by atoms with van der Waals surface area (Å²) in [7, 11) is 3.52. The van der Waals surface area contributed by atoms with E-state index in [2.05, 4.69) is 31.3 Å². The van der Waals surface area contributed by atoms with Crippen LogP contribution in [0, 0.1) is 6.92 Å². The van der Waals surface area contributed by atoms with E-state index < -0.39 is 0 Å². The summed E-state index contributed by atoms with van der Waals surface area (Å²) in [6, 6.07) is 16.2. The van der Waals surface area contributed by atoms with Crippen LogP contribution in [0.3, 0.4) is 0 Å². The van der Waals surface area contributed by atoms with Crippen LogP contribution in [0.15, 0.2) is 48.5 Å². The van der Waals surface area contributed by atoms with Crippen LogP contribution in [0.5, 0.6) is 0 Å². The van der Waals surface area contributed by atoms with Crippen LogP contribution in [0.2, 0.25) is 0 Å². The summed E-state index contributed by atoms with van der Waals surface area (Å²) in [4.78, 5) is 13.6. The zero-order valence-corrected chi connectivity index (χ0v) is 13.1. The Hall–Kier alpha value is -2.29. The van der Waals surface area contributed by atoms with Crippen molar-refractivity contribution in [2.45, 2.75) is 19.9 Å². The normalized spacial score (nSPS) is 11.8. The van der Waals surface area contributed by atoms with Gasteiger partial charge in [0.05, 0.1) is 0 Å². The van der Waals surface area contributed by atoms with Gasteiger partial charge in [-0.15, -0.1) is 0 Å². The molecule has 1 atom stereocenters. The second-order valence-corrected chi connectivity index (χ2v) is 5.50. The molecule has 0 spiro atoms. The fourth-order valence-corrected chi connectivity index (χ4v) is 2.40. The van der Waals surface area contributed by atoms with Crippen molar-refractivity contribution in [2.24, 2.45) is 0 Å². The highest BCUT2D eigenvalue weighted by Gasteiger charge is 2.11. The molecule has 0 aliphatic carbocycles. The maximum absolute atomic E-state index is 12.0. The summed E-state index contributed by atoms with van der Waals surface area (Å²) in [6.45, 7) is 4.24. The summed E-state index contributed by atoms with van der Waals surface area (Å²) in [5.74, 6) is 0.0159. The minimum atomic E-state index is 0.0159. The van der Waals surface area contributed by atoms with E-state index in [1.54, 1.807) is 19.0 Å². The molecule has 0 aliphatic heterocycles. The van der Waals surface area contributed by atoms with Gasteiger partial charge in [0.1, 0.15) is 0 Å². The summed E-state index contributed by atoms with van der Waals surface area (Å²) in [6.07, 6.45) is 0. The van der Waals surface area contributed by atoms with E-state index in [-0.39, 0.29) is 11.9 Å². The molecule has 0 bridgehead atoms. The van der Waals surface area contributed by atoms with E-state index in [1.807, 2.05) is 36.4 Å². The van der Waals surface area contributed by atoms with Gasteiger partial charge in [0.25, 0.3) is 5.91 Å². The predicted molar refractivity (Wildman–Crippen MR) is 87.7 cm³/mol. The van der Waals surface area contributed by atoms with E-state index >= 15 is 0 Å². The third-order valence-electron chi connectivity index (χ3n) is 3.55. The maximum Gasteiger partial charge on any atom is 0.253 e. The van der Waals surface area contributed by atoms with Crippen LogP contribution >= 0.6 is 0 Å².